The Hall–Kier alpha value is -2.65. The molecule has 9 heteroatoms. The molecule has 2 atom stereocenters. The van der Waals surface area contributed by atoms with Crippen molar-refractivity contribution in [3.05, 3.63) is 63.6 Å². The van der Waals surface area contributed by atoms with Gasteiger partial charge >= 0.3 is 0 Å². The van der Waals surface area contributed by atoms with Gasteiger partial charge in [-0.2, -0.15) is 0 Å². The van der Waals surface area contributed by atoms with E-state index in [-0.39, 0.29) is 23.6 Å². The first-order valence-corrected chi connectivity index (χ1v) is 11.3. The van der Waals surface area contributed by atoms with Crippen LogP contribution in [0.5, 0.6) is 0 Å². The van der Waals surface area contributed by atoms with Crippen molar-refractivity contribution < 1.29 is 9.59 Å². The van der Waals surface area contributed by atoms with Crippen LogP contribution in [0.4, 0.5) is 0 Å². The number of thiophene rings is 1. The molecule has 2 N–H and O–H groups in total. The molecule has 0 radical (unpaired) electrons. The van der Waals surface area contributed by atoms with E-state index in [1.807, 2.05) is 29.6 Å². The number of nitrogens with zero attached hydrogens (tertiary/aromatic N) is 3. The van der Waals surface area contributed by atoms with Crippen molar-refractivity contribution in [1.29, 1.82) is 0 Å². The molecule has 1 aliphatic rings. The first-order valence-electron chi connectivity index (χ1n) is 9.54. The SMILES string of the molecule is O=C(NC(c1cccs1)C(C(=O)NC1CCCC1)c1ccncc1)c1csnn1. The minimum atomic E-state index is -0.576. The third-order valence-corrected chi connectivity index (χ3v) is 6.57. The first kappa shape index (κ1) is 19.7. The monoisotopic (exact) mass is 427 g/mol. The van der Waals surface area contributed by atoms with Crippen LogP contribution in [0.2, 0.25) is 0 Å². The summed E-state index contributed by atoms with van der Waals surface area (Å²) in [4.78, 5) is 31.2. The quantitative estimate of drug-likeness (QED) is 0.603. The number of aromatic nitrogens is 3. The number of amides is 2. The van der Waals surface area contributed by atoms with Gasteiger partial charge in [0.1, 0.15) is 0 Å². The van der Waals surface area contributed by atoms with Crippen LogP contribution in [-0.2, 0) is 4.79 Å². The number of nitrogens with one attached hydrogen (secondary N) is 2. The maximum Gasteiger partial charge on any atom is 0.273 e. The van der Waals surface area contributed by atoms with Gasteiger partial charge in [-0.3, -0.25) is 14.6 Å². The van der Waals surface area contributed by atoms with E-state index in [4.69, 9.17) is 0 Å². The average Bonchev–Trinajstić information content (AvgIpc) is 3.51. The van der Waals surface area contributed by atoms with E-state index in [0.29, 0.717) is 0 Å². The highest BCUT2D eigenvalue weighted by molar-refractivity contribution is 7.10. The second-order valence-electron chi connectivity index (χ2n) is 7.00. The normalized spacial score (nSPS) is 16.3. The number of hydrogen-bond donors (Lipinski definition) is 2. The Balaban J connectivity index is 1.67. The molecule has 0 aliphatic heterocycles. The van der Waals surface area contributed by atoms with Crippen LogP contribution in [0.15, 0.2) is 47.4 Å². The zero-order valence-electron chi connectivity index (χ0n) is 15.7. The van der Waals surface area contributed by atoms with Gasteiger partial charge in [0.15, 0.2) is 5.69 Å². The number of hydrogen-bond acceptors (Lipinski definition) is 7. The highest BCUT2D eigenvalue weighted by Gasteiger charge is 2.35. The van der Waals surface area contributed by atoms with Crippen LogP contribution in [0.3, 0.4) is 0 Å². The van der Waals surface area contributed by atoms with Crippen LogP contribution < -0.4 is 10.6 Å². The largest absolute Gasteiger partial charge is 0.353 e. The number of carbonyl (C=O) groups excluding carboxylic acids is 2. The van der Waals surface area contributed by atoms with Crippen LogP contribution in [0, 0.1) is 0 Å². The Labute approximate surface area is 176 Å². The summed E-state index contributed by atoms with van der Waals surface area (Å²) in [7, 11) is 0. The van der Waals surface area contributed by atoms with E-state index >= 15 is 0 Å². The van der Waals surface area contributed by atoms with E-state index < -0.39 is 12.0 Å². The van der Waals surface area contributed by atoms with E-state index in [2.05, 4.69) is 25.2 Å². The van der Waals surface area contributed by atoms with Crippen molar-refractivity contribution >= 4 is 34.7 Å². The molecule has 150 valence electrons. The third kappa shape index (κ3) is 4.68. The topological polar surface area (TPSA) is 96.9 Å². The van der Waals surface area contributed by atoms with Crippen molar-refractivity contribution in [2.75, 3.05) is 0 Å². The van der Waals surface area contributed by atoms with Crippen LogP contribution >= 0.6 is 22.9 Å². The van der Waals surface area contributed by atoms with Crippen molar-refractivity contribution in [2.45, 2.75) is 43.7 Å². The van der Waals surface area contributed by atoms with E-state index in [9.17, 15) is 9.59 Å². The summed E-state index contributed by atoms with van der Waals surface area (Å²) < 4.78 is 3.77. The maximum absolute atomic E-state index is 13.4. The van der Waals surface area contributed by atoms with Gasteiger partial charge in [0.05, 0.1) is 12.0 Å². The summed E-state index contributed by atoms with van der Waals surface area (Å²) in [6, 6.07) is 7.18. The molecule has 0 bridgehead atoms. The van der Waals surface area contributed by atoms with Gasteiger partial charge in [-0.15, -0.1) is 16.4 Å². The van der Waals surface area contributed by atoms with E-state index in [1.165, 1.54) is 11.3 Å². The molecule has 1 aliphatic carbocycles. The van der Waals surface area contributed by atoms with Crippen molar-refractivity contribution in [3.63, 3.8) is 0 Å². The van der Waals surface area contributed by atoms with Gasteiger partial charge in [-0.1, -0.05) is 23.4 Å². The standard InChI is InChI=1S/C20H21N5O2S2/c26-19(15-12-29-25-24-15)23-18(16-6-3-11-28-16)17(13-7-9-21-10-8-13)20(27)22-14-4-1-2-5-14/h3,6-12,14,17-18H,1-2,4-5H2,(H,22,27)(H,23,26). The predicted octanol–water partition coefficient (Wildman–Crippen LogP) is 3.31. The molecule has 1 fully saturated rings. The van der Waals surface area contributed by atoms with E-state index in [0.717, 1.165) is 47.7 Å². The van der Waals surface area contributed by atoms with Crippen molar-refractivity contribution in [2.24, 2.45) is 0 Å². The smallest absolute Gasteiger partial charge is 0.273 e. The lowest BCUT2D eigenvalue weighted by molar-refractivity contribution is -0.123. The molecular weight excluding hydrogens is 406 g/mol. The molecular formula is C20H21N5O2S2. The Morgan fingerprint density at radius 1 is 1.14 bits per heavy atom. The van der Waals surface area contributed by atoms with Crippen molar-refractivity contribution in [3.8, 4) is 0 Å². The van der Waals surface area contributed by atoms with Gasteiger partial charge in [0.25, 0.3) is 5.91 Å². The maximum atomic E-state index is 13.4. The van der Waals surface area contributed by atoms with Gasteiger partial charge in [-0.25, -0.2) is 0 Å². The summed E-state index contributed by atoms with van der Waals surface area (Å²) in [5, 5.41) is 13.6. The summed E-state index contributed by atoms with van der Waals surface area (Å²) in [6.07, 6.45) is 7.59. The number of rotatable bonds is 7. The minimum absolute atomic E-state index is 0.0850. The molecule has 3 aromatic rings. The Morgan fingerprint density at radius 3 is 2.59 bits per heavy atom. The molecule has 0 aromatic carbocycles. The Kier molecular flexibility index (Phi) is 6.26. The first-order chi connectivity index (χ1) is 14.2. The fourth-order valence-corrected chi connectivity index (χ4v) is 4.94. The van der Waals surface area contributed by atoms with Crippen LogP contribution in [0.25, 0.3) is 0 Å². The second kappa shape index (κ2) is 9.23. The van der Waals surface area contributed by atoms with Gasteiger partial charge in [0.2, 0.25) is 5.91 Å². The number of carbonyl (C=O) groups is 2. The molecule has 2 unspecified atom stereocenters. The lowest BCUT2D eigenvalue weighted by atomic mass is 9.89. The minimum Gasteiger partial charge on any atom is -0.353 e. The highest BCUT2D eigenvalue weighted by atomic mass is 32.1. The van der Waals surface area contributed by atoms with E-state index in [1.54, 1.807) is 17.8 Å². The molecule has 2 amide bonds. The molecule has 3 heterocycles. The van der Waals surface area contributed by atoms with Gasteiger partial charge in [0, 0.05) is 28.7 Å². The van der Waals surface area contributed by atoms with Crippen LogP contribution in [-0.4, -0.2) is 32.4 Å². The lowest BCUT2D eigenvalue weighted by Crippen LogP contribution is -2.43. The Bertz CT molecular complexity index is 925. The fraction of sp³-hybridized carbons (Fsp3) is 0.350. The molecule has 3 aromatic heterocycles. The average molecular weight is 428 g/mol. The molecule has 0 spiro atoms. The lowest BCUT2D eigenvalue weighted by Gasteiger charge is -2.28. The Morgan fingerprint density at radius 2 is 1.93 bits per heavy atom. The zero-order chi connectivity index (χ0) is 20.1. The van der Waals surface area contributed by atoms with Gasteiger partial charge in [-0.05, 0) is 53.5 Å². The summed E-state index contributed by atoms with van der Waals surface area (Å²) in [5.74, 6) is -1.00. The third-order valence-electron chi connectivity index (χ3n) is 5.11. The zero-order valence-corrected chi connectivity index (χ0v) is 17.3. The summed E-state index contributed by atoms with van der Waals surface area (Å²) >= 11 is 2.63. The summed E-state index contributed by atoms with van der Waals surface area (Å²) in [6.45, 7) is 0. The predicted molar refractivity (Wildman–Crippen MR) is 112 cm³/mol. The van der Waals surface area contributed by atoms with Crippen molar-refractivity contribution in [1.82, 2.24) is 25.2 Å². The highest BCUT2D eigenvalue weighted by Crippen LogP contribution is 2.34. The molecule has 29 heavy (non-hydrogen) atoms. The van der Waals surface area contributed by atoms with Gasteiger partial charge < -0.3 is 10.6 Å². The molecule has 4 rings (SSSR count). The number of pyridine rings is 1. The molecule has 7 nitrogen and oxygen atoms in total. The second-order valence-corrected chi connectivity index (χ2v) is 8.59. The fourth-order valence-electron chi connectivity index (χ4n) is 3.69. The summed E-state index contributed by atoms with van der Waals surface area (Å²) in [5.41, 5.74) is 1.06. The molecule has 1 saturated carbocycles. The van der Waals surface area contributed by atoms with Crippen LogP contribution in [0.1, 0.15) is 58.6 Å². The molecule has 0 saturated heterocycles.